The lowest BCUT2D eigenvalue weighted by atomic mass is 10.1. The molecular formula is C19H15ClF5N5O3. The molecule has 0 unspecified atom stereocenters. The van der Waals surface area contributed by atoms with Crippen molar-refractivity contribution in [2.75, 3.05) is 12.4 Å². The average molecular weight is 492 g/mol. The molecule has 0 saturated carbocycles. The summed E-state index contributed by atoms with van der Waals surface area (Å²) in [6.07, 6.45) is -8.04. The Morgan fingerprint density at radius 3 is 2.61 bits per heavy atom. The van der Waals surface area contributed by atoms with Gasteiger partial charge in [0, 0.05) is 35.3 Å². The Hall–Kier alpha value is -3.48. The highest BCUT2D eigenvalue weighted by Gasteiger charge is 2.38. The summed E-state index contributed by atoms with van der Waals surface area (Å²) in [4.78, 5) is 30.4. The summed E-state index contributed by atoms with van der Waals surface area (Å²) in [5.74, 6) is -1.66. The Morgan fingerprint density at radius 1 is 1.27 bits per heavy atom. The van der Waals surface area contributed by atoms with Crippen LogP contribution in [-0.4, -0.2) is 45.6 Å². The van der Waals surface area contributed by atoms with Crippen LogP contribution in [0.4, 0.5) is 27.6 Å². The number of esters is 1. The molecule has 2 heterocycles. The van der Waals surface area contributed by atoms with Crippen LogP contribution in [0.2, 0.25) is 5.02 Å². The van der Waals surface area contributed by atoms with Crippen LogP contribution in [0.3, 0.4) is 0 Å². The van der Waals surface area contributed by atoms with E-state index in [1.54, 1.807) is 0 Å². The lowest BCUT2D eigenvalue weighted by molar-refractivity contribution is -0.141. The molecular weight excluding hydrogens is 477 g/mol. The highest BCUT2D eigenvalue weighted by Crippen LogP contribution is 2.33. The van der Waals surface area contributed by atoms with E-state index in [0.717, 1.165) is 6.20 Å². The van der Waals surface area contributed by atoms with E-state index in [2.05, 4.69) is 25.1 Å². The molecule has 1 amide bonds. The molecule has 33 heavy (non-hydrogen) atoms. The maximum Gasteiger partial charge on any atom is 0.435 e. The molecule has 3 rings (SSSR count). The van der Waals surface area contributed by atoms with Gasteiger partial charge in [-0.2, -0.15) is 18.3 Å². The predicted molar refractivity (Wildman–Crippen MR) is 105 cm³/mol. The van der Waals surface area contributed by atoms with E-state index in [1.165, 1.54) is 25.3 Å². The van der Waals surface area contributed by atoms with E-state index in [4.69, 9.17) is 11.6 Å². The molecule has 0 aliphatic carbocycles. The number of hydrogen-bond donors (Lipinski definition) is 3. The van der Waals surface area contributed by atoms with Gasteiger partial charge in [-0.05, 0) is 18.2 Å². The third-order valence-corrected chi connectivity index (χ3v) is 4.74. The van der Waals surface area contributed by atoms with Crippen LogP contribution in [0.5, 0.6) is 0 Å². The molecule has 1 aromatic carbocycles. The number of nitrogens with one attached hydrogen (secondary N) is 3. The fourth-order valence-electron chi connectivity index (χ4n) is 2.96. The smallest absolute Gasteiger partial charge is 0.435 e. The van der Waals surface area contributed by atoms with Crippen molar-refractivity contribution < 1.29 is 36.3 Å². The van der Waals surface area contributed by atoms with Crippen LogP contribution in [0, 0.1) is 0 Å². The normalized spacial score (nSPS) is 11.6. The maximum absolute atomic E-state index is 13.2. The summed E-state index contributed by atoms with van der Waals surface area (Å²) in [5, 5.41) is 7.61. The van der Waals surface area contributed by atoms with Crippen molar-refractivity contribution in [1.29, 1.82) is 0 Å². The molecule has 8 nitrogen and oxygen atoms in total. The molecule has 2 aromatic heterocycles. The first-order valence-electron chi connectivity index (χ1n) is 9.14. The number of imidazole rings is 1. The number of aromatic amines is 2. The number of benzene rings is 1. The van der Waals surface area contributed by atoms with Gasteiger partial charge in [-0.3, -0.25) is 9.89 Å². The molecule has 0 fully saturated rings. The number of aromatic nitrogens is 4. The van der Waals surface area contributed by atoms with Crippen molar-refractivity contribution >= 4 is 29.2 Å². The standard InChI is InChI=1S/C19H15ClF5N5O3/c1-33-18(32)10-3-2-8(5-12(10)20)28-17(31)16-26-7-9(27-16)4-11-13(6-14(21)22)29-30-15(11)19(23,24)25/h2-3,5,7,14H,4,6H2,1H3,(H,26,27)(H,28,31)(H,29,30). The number of amides is 1. The lowest BCUT2D eigenvalue weighted by Gasteiger charge is -2.08. The number of rotatable bonds is 7. The molecule has 14 heteroatoms. The summed E-state index contributed by atoms with van der Waals surface area (Å²) < 4.78 is 69.7. The average Bonchev–Trinajstić information content (AvgIpc) is 3.35. The summed E-state index contributed by atoms with van der Waals surface area (Å²) >= 11 is 5.99. The van der Waals surface area contributed by atoms with E-state index < -0.39 is 48.6 Å². The van der Waals surface area contributed by atoms with Crippen molar-refractivity contribution in [3.63, 3.8) is 0 Å². The zero-order valence-electron chi connectivity index (χ0n) is 16.7. The number of hydrogen-bond acceptors (Lipinski definition) is 5. The van der Waals surface area contributed by atoms with Gasteiger partial charge in [0.15, 0.2) is 11.5 Å². The second-order valence-corrected chi connectivity index (χ2v) is 7.10. The SMILES string of the molecule is COC(=O)c1ccc(NC(=O)c2ncc(Cc3c(C(F)(F)F)n[nH]c3CC(F)F)[nH]2)cc1Cl. The van der Waals surface area contributed by atoms with E-state index in [9.17, 15) is 31.5 Å². The zero-order valence-corrected chi connectivity index (χ0v) is 17.4. The van der Waals surface area contributed by atoms with Gasteiger partial charge in [0.05, 0.1) is 24.1 Å². The molecule has 0 aliphatic rings. The Labute approximate surface area is 187 Å². The largest absolute Gasteiger partial charge is 0.465 e. The molecule has 0 bridgehead atoms. The summed E-state index contributed by atoms with van der Waals surface area (Å²) in [7, 11) is 1.18. The number of alkyl halides is 5. The molecule has 3 aromatic rings. The van der Waals surface area contributed by atoms with Crippen molar-refractivity contribution in [3.05, 3.63) is 63.5 Å². The number of carbonyl (C=O) groups is 2. The molecule has 0 saturated heterocycles. The van der Waals surface area contributed by atoms with Crippen LogP contribution in [0.1, 0.15) is 43.6 Å². The minimum absolute atomic E-state index is 0.0194. The van der Waals surface area contributed by atoms with Gasteiger partial charge < -0.3 is 15.0 Å². The van der Waals surface area contributed by atoms with Gasteiger partial charge >= 0.3 is 12.1 Å². The van der Waals surface area contributed by atoms with Gasteiger partial charge in [0.2, 0.25) is 6.43 Å². The van der Waals surface area contributed by atoms with Gasteiger partial charge in [-0.1, -0.05) is 11.6 Å². The number of anilines is 1. The third kappa shape index (κ3) is 5.66. The van der Waals surface area contributed by atoms with Crippen molar-refractivity contribution in [2.24, 2.45) is 0 Å². The highest BCUT2D eigenvalue weighted by atomic mass is 35.5. The van der Waals surface area contributed by atoms with Crippen LogP contribution in [-0.2, 0) is 23.8 Å². The quantitative estimate of drug-likeness (QED) is 0.338. The minimum Gasteiger partial charge on any atom is -0.465 e. The van der Waals surface area contributed by atoms with E-state index in [1.807, 2.05) is 5.10 Å². The van der Waals surface area contributed by atoms with Crippen molar-refractivity contribution in [2.45, 2.75) is 25.4 Å². The van der Waals surface area contributed by atoms with Crippen LogP contribution in [0.25, 0.3) is 0 Å². The fraction of sp³-hybridized carbons (Fsp3) is 0.263. The number of nitrogens with zero attached hydrogens (tertiary/aromatic N) is 2. The fourth-order valence-corrected chi connectivity index (χ4v) is 3.22. The number of halogens is 6. The second-order valence-electron chi connectivity index (χ2n) is 6.70. The first-order valence-corrected chi connectivity index (χ1v) is 9.52. The zero-order chi connectivity index (χ0) is 24.3. The van der Waals surface area contributed by atoms with Crippen molar-refractivity contribution in [1.82, 2.24) is 20.2 Å². The molecule has 0 atom stereocenters. The Balaban J connectivity index is 1.78. The topological polar surface area (TPSA) is 113 Å². The monoisotopic (exact) mass is 491 g/mol. The van der Waals surface area contributed by atoms with Gasteiger partial charge in [-0.15, -0.1) is 0 Å². The second kappa shape index (κ2) is 9.57. The van der Waals surface area contributed by atoms with Gasteiger partial charge in [-0.25, -0.2) is 18.6 Å². The predicted octanol–water partition coefficient (Wildman–Crippen LogP) is 4.24. The van der Waals surface area contributed by atoms with Gasteiger partial charge in [0.25, 0.3) is 5.91 Å². The lowest BCUT2D eigenvalue weighted by Crippen LogP contribution is -2.14. The summed E-state index contributed by atoms with van der Waals surface area (Å²) in [6, 6.07) is 4.02. The van der Waals surface area contributed by atoms with Crippen LogP contribution in [0.15, 0.2) is 24.4 Å². The molecule has 176 valence electrons. The first-order chi connectivity index (χ1) is 15.5. The third-order valence-electron chi connectivity index (χ3n) is 4.42. The molecule has 0 spiro atoms. The first kappa shape index (κ1) is 24.2. The van der Waals surface area contributed by atoms with E-state index >= 15 is 0 Å². The Kier molecular flexibility index (Phi) is 7.01. The molecule has 0 radical (unpaired) electrons. The van der Waals surface area contributed by atoms with Gasteiger partial charge in [0.1, 0.15) is 0 Å². The summed E-state index contributed by atoms with van der Waals surface area (Å²) in [5.41, 5.74) is -1.79. The highest BCUT2D eigenvalue weighted by molar-refractivity contribution is 6.34. The van der Waals surface area contributed by atoms with Crippen molar-refractivity contribution in [3.8, 4) is 0 Å². The summed E-state index contributed by atoms with van der Waals surface area (Å²) in [6.45, 7) is 0. The number of methoxy groups -OCH3 is 1. The molecule has 0 aliphatic heterocycles. The molecule has 3 N–H and O–H groups in total. The number of ether oxygens (including phenoxy) is 1. The Morgan fingerprint density at radius 2 is 2.00 bits per heavy atom. The Bertz CT molecular complexity index is 1180. The van der Waals surface area contributed by atoms with Crippen LogP contribution < -0.4 is 5.32 Å². The van der Waals surface area contributed by atoms with Crippen LogP contribution >= 0.6 is 11.6 Å². The minimum atomic E-state index is -4.86. The number of H-pyrrole nitrogens is 2. The maximum atomic E-state index is 13.2. The number of carbonyl (C=O) groups excluding carboxylic acids is 2. The van der Waals surface area contributed by atoms with E-state index in [-0.39, 0.29) is 33.5 Å². The van der Waals surface area contributed by atoms with E-state index in [0.29, 0.717) is 0 Å².